The first-order valence-electron chi connectivity index (χ1n) is 8.07. The molecule has 23 heavy (non-hydrogen) atoms. The van der Waals surface area contributed by atoms with Gasteiger partial charge >= 0.3 is 0 Å². The number of nitrogens with zero attached hydrogens (tertiary/aromatic N) is 2. The molecule has 1 aliphatic rings. The number of halogens is 1. The quantitative estimate of drug-likeness (QED) is 0.897. The number of nitrogens with one attached hydrogen (secondary N) is 1. The first-order valence-corrected chi connectivity index (χ1v) is 8.07. The van der Waals surface area contributed by atoms with Crippen molar-refractivity contribution in [2.45, 2.75) is 51.6 Å². The second kappa shape index (κ2) is 7.32. The Balaban J connectivity index is 0.00000192. The lowest BCUT2D eigenvalue weighted by molar-refractivity contribution is -0.117. The van der Waals surface area contributed by atoms with Gasteiger partial charge in [0, 0.05) is 29.6 Å². The van der Waals surface area contributed by atoms with Crippen molar-refractivity contribution >= 4 is 34.9 Å². The Morgan fingerprint density at radius 1 is 1.43 bits per heavy atom. The summed E-state index contributed by atoms with van der Waals surface area (Å²) in [7, 11) is 0. The van der Waals surface area contributed by atoms with Gasteiger partial charge in [-0.1, -0.05) is 6.42 Å². The lowest BCUT2D eigenvalue weighted by Gasteiger charge is -2.15. The molecule has 6 heteroatoms. The maximum atomic E-state index is 12.2. The van der Waals surface area contributed by atoms with E-state index >= 15 is 0 Å². The summed E-state index contributed by atoms with van der Waals surface area (Å²) in [5, 5.41) is 8.48. The zero-order chi connectivity index (χ0) is 15.7. The molecule has 3 rings (SSSR count). The van der Waals surface area contributed by atoms with Crippen molar-refractivity contribution < 1.29 is 4.79 Å². The molecule has 0 radical (unpaired) electrons. The number of nitrogens with two attached hydrogens (primary N) is 1. The summed E-state index contributed by atoms with van der Waals surface area (Å²) in [6.07, 6.45) is 5.62. The number of amides is 1. The van der Waals surface area contributed by atoms with E-state index in [1.165, 1.54) is 0 Å². The average molecular weight is 337 g/mol. The largest absolute Gasteiger partial charge is 0.327 e. The Hall–Kier alpha value is -1.59. The van der Waals surface area contributed by atoms with Crippen LogP contribution in [0.25, 0.3) is 10.9 Å². The molecule has 0 spiro atoms. The van der Waals surface area contributed by atoms with Crippen LogP contribution < -0.4 is 11.1 Å². The van der Waals surface area contributed by atoms with E-state index < -0.39 is 0 Å². The van der Waals surface area contributed by atoms with Crippen molar-refractivity contribution in [1.82, 2.24) is 9.78 Å². The minimum atomic E-state index is 0. The SMILES string of the molecule is CC(C)n1ncc2ccc(NC(=O)C[C@@H]3CCC[C@H]3N)cc21.Cl. The van der Waals surface area contributed by atoms with Gasteiger partial charge in [0.15, 0.2) is 0 Å². The van der Waals surface area contributed by atoms with E-state index in [2.05, 4.69) is 24.3 Å². The topological polar surface area (TPSA) is 72.9 Å². The smallest absolute Gasteiger partial charge is 0.224 e. The van der Waals surface area contributed by atoms with E-state index in [-0.39, 0.29) is 24.4 Å². The normalized spacial score (nSPS) is 20.7. The first-order chi connectivity index (χ1) is 10.5. The maximum Gasteiger partial charge on any atom is 0.224 e. The summed E-state index contributed by atoms with van der Waals surface area (Å²) in [5.41, 5.74) is 7.91. The van der Waals surface area contributed by atoms with Crippen LogP contribution in [0.2, 0.25) is 0 Å². The average Bonchev–Trinajstić information content (AvgIpc) is 3.05. The number of fused-ring (bicyclic) bond motifs is 1. The molecule has 1 aliphatic carbocycles. The highest BCUT2D eigenvalue weighted by Gasteiger charge is 2.26. The molecule has 1 fully saturated rings. The number of carbonyl (C=O) groups excluding carboxylic acids is 1. The second-order valence-electron chi connectivity index (χ2n) is 6.56. The molecular formula is C17H25ClN4O. The van der Waals surface area contributed by atoms with Crippen molar-refractivity contribution in [3.8, 4) is 0 Å². The molecule has 1 aromatic carbocycles. The van der Waals surface area contributed by atoms with Gasteiger partial charge in [0.2, 0.25) is 5.91 Å². The number of hydrogen-bond donors (Lipinski definition) is 2. The minimum Gasteiger partial charge on any atom is -0.327 e. The van der Waals surface area contributed by atoms with E-state index in [0.29, 0.717) is 18.4 Å². The van der Waals surface area contributed by atoms with Crippen molar-refractivity contribution in [1.29, 1.82) is 0 Å². The van der Waals surface area contributed by atoms with Gasteiger partial charge in [0.05, 0.1) is 11.7 Å². The summed E-state index contributed by atoms with van der Waals surface area (Å²) < 4.78 is 1.97. The molecule has 0 saturated heterocycles. The van der Waals surface area contributed by atoms with Crippen molar-refractivity contribution in [2.24, 2.45) is 11.7 Å². The fourth-order valence-corrected chi connectivity index (χ4v) is 3.30. The van der Waals surface area contributed by atoms with Crippen molar-refractivity contribution in [2.75, 3.05) is 5.32 Å². The third-order valence-electron chi connectivity index (χ3n) is 4.54. The molecule has 0 unspecified atom stereocenters. The molecule has 2 atom stereocenters. The van der Waals surface area contributed by atoms with Crippen LogP contribution in [0.4, 0.5) is 5.69 Å². The van der Waals surface area contributed by atoms with Crippen LogP contribution in [0.3, 0.4) is 0 Å². The Morgan fingerprint density at radius 2 is 2.22 bits per heavy atom. The van der Waals surface area contributed by atoms with Crippen LogP contribution in [0.5, 0.6) is 0 Å². The van der Waals surface area contributed by atoms with Crippen LogP contribution in [0.1, 0.15) is 45.6 Å². The second-order valence-corrected chi connectivity index (χ2v) is 6.56. The Labute approximate surface area is 143 Å². The van der Waals surface area contributed by atoms with E-state index in [0.717, 1.165) is 35.9 Å². The number of hydrogen-bond acceptors (Lipinski definition) is 3. The van der Waals surface area contributed by atoms with Gasteiger partial charge in [0.25, 0.3) is 0 Å². The fraction of sp³-hybridized carbons (Fsp3) is 0.529. The Kier molecular flexibility index (Phi) is 5.65. The minimum absolute atomic E-state index is 0. The van der Waals surface area contributed by atoms with Crippen LogP contribution in [0.15, 0.2) is 24.4 Å². The standard InChI is InChI=1S/C17H24N4O.ClH/c1-11(2)21-16-9-14(7-6-13(16)10-19-21)20-17(22)8-12-4-3-5-15(12)18;/h6-7,9-12,15H,3-5,8,18H2,1-2H3,(H,20,22);1H/t12-,15+;/m0./s1. The van der Waals surface area contributed by atoms with Gasteiger partial charge in [-0.3, -0.25) is 9.48 Å². The molecule has 3 N–H and O–H groups in total. The molecule has 2 aromatic rings. The third kappa shape index (κ3) is 3.85. The van der Waals surface area contributed by atoms with Gasteiger partial charge in [0.1, 0.15) is 0 Å². The van der Waals surface area contributed by atoms with Crippen LogP contribution in [-0.2, 0) is 4.79 Å². The predicted octanol–water partition coefficient (Wildman–Crippen LogP) is 3.50. The zero-order valence-corrected chi connectivity index (χ0v) is 14.5. The van der Waals surface area contributed by atoms with E-state index in [4.69, 9.17) is 5.73 Å². The Morgan fingerprint density at radius 3 is 2.87 bits per heavy atom. The van der Waals surface area contributed by atoms with E-state index in [9.17, 15) is 4.79 Å². The van der Waals surface area contributed by atoms with Gasteiger partial charge in [-0.05, 0) is 50.8 Å². The number of anilines is 1. The highest BCUT2D eigenvalue weighted by atomic mass is 35.5. The summed E-state index contributed by atoms with van der Waals surface area (Å²) in [4.78, 5) is 12.2. The summed E-state index contributed by atoms with van der Waals surface area (Å²) in [5.74, 6) is 0.377. The van der Waals surface area contributed by atoms with Crippen LogP contribution >= 0.6 is 12.4 Å². The molecule has 1 saturated carbocycles. The molecule has 0 aliphatic heterocycles. The molecule has 1 heterocycles. The molecule has 126 valence electrons. The molecule has 1 amide bonds. The van der Waals surface area contributed by atoms with Gasteiger partial charge in [-0.25, -0.2) is 0 Å². The number of rotatable bonds is 4. The highest BCUT2D eigenvalue weighted by Crippen LogP contribution is 2.27. The summed E-state index contributed by atoms with van der Waals surface area (Å²) in [6, 6.07) is 6.39. The molecular weight excluding hydrogens is 312 g/mol. The number of aromatic nitrogens is 2. The lowest BCUT2D eigenvalue weighted by atomic mass is 10.00. The predicted molar refractivity (Wildman–Crippen MR) is 95.9 cm³/mol. The molecule has 1 aromatic heterocycles. The Bertz CT molecular complexity index is 682. The number of carbonyl (C=O) groups is 1. The van der Waals surface area contributed by atoms with Gasteiger partial charge in [-0.2, -0.15) is 5.10 Å². The van der Waals surface area contributed by atoms with Crippen LogP contribution in [-0.4, -0.2) is 21.7 Å². The fourth-order valence-electron chi connectivity index (χ4n) is 3.30. The summed E-state index contributed by atoms with van der Waals surface area (Å²) >= 11 is 0. The molecule has 5 nitrogen and oxygen atoms in total. The van der Waals surface area contributed by atoms with Gasteiger partial charge in [-0.15, -0.1) is 12.4 Å². The maximum absolute atomic E-state index is 12.2. The van der Waals surface area contributed by atoms with E-state index in [1.807, 2.05) is 29.1 Å². The highest BCUT2D eigenvalue weighted by molar-refractivity contribution is 5.93. The lowest BCUT2D eigenvalue weighted by Crippen LogP contribution is -2.28. The third-order valence-corrected chi connectivity index (χ3v) is 4.54. The number of benzene rings is 1. The van der Waals surface area contributed by atoms with E-state index in [1.54, 1.807) is 0 Å². The van der Waals surface area contributed by atoms with Crippen LogP contribution in [0, 0.1) is 5.92 Å². The van der Waals surface area contributed by atoms with Gasteiger partial charge < -0.3 is 11.1 Å². The molecule has 0 bridgehead atoms. The van der Waals surface area contributed by atoms with Crippen molar-refractivity contribution in [3.05, 3.63) is 24.4 Å². The van der Waals surface area contributed by atoms with Crippen molar-refractivity contribution in [3.63, 3.8) is 0 Å². The first kappa shape index (κ1) is 17.8. The monoisotopic (exact) mass is 336 g/mol. The zero-order valence-electron chi connectivity index (χ0n) is 13.7. The summed E-state index contributed by atoms with van der Waals surface area (Å²) in [6.45, 7) is 4.19.